The molecule has 2 rings (SSSR count). The largest absolute Gasteiger partial charge is 0.496 e. The Balaban J connectivity index is 2.02. The molecule has 1 aromatic rings. The van der Waals surface area contributed by atoms with Crippen molar-refractivity contribution >= 4 is 0 Å². The molecule has 2 nitrogen and oxygen atoms in total. The van der Waals surface area contributed by atoms with Crippen LogP contribution in [0.3, 0.4) is 0 Å². The van der Waals surface area contributed by atoms with Gasteiger partial charge in [0.1, 0.15) is 5.76 Å². The second-order valence-electron chi connectivity index (χ2n) is 3.77. The quantitative estimate of drug-likeness (QED) is 0.809. The summed E-state index contributed by atoms with van der Waals surface area (Å²) in [6, 6.07) is 10.8. The molecule has 0 fully saturated rings. The number of hydrogen-bond donors (Lipinski definition) is 1. The minimum Gasteiger partial charge on any atom is -0.496 e. The van der Waals surface area contributed by atoms with Crippen LogP contribution in [0, 0.1) is 0 Å². The Morgan fingerprint density at radius 3 is 2.73 bits per heavy atom. The van der Waals surface area contributed by atoms with Crippen molar-refractivity contribution < 1.29 is 4.74 Å². The lowest BCUT2D eigenvalue weighted by Gasteiger charge is -2.17. The van der Waals surface area contributed by atoms with Crippen molar-refractivity contribution in [3.05, 3.63) is 47.7 Å². The Labute approximate surface area is 91.0 Å². The Hall–Kier alpha value is -1.28. The fourth-order valence-electron chi connectivity index (χ4n) is 1.87. The highest BCUT2D eigenvalue weighted by Gasteiger charge is 2.17. The maximum Gasteiger partial charge on any atom is 0.109 e. The molecule has 0 aliphatic carbocycles. The molecule has 2 heteroatoms. The van der Waals surface area contributed by atoms with Gasteiger partial charge >= 0.3 is 0 Å². The zero-order chi connectivity index (χ0) is 10.5. The van der Waals surface area contributed by atoms with Gasteiger partial charge < -0.3 is 10.1 Å². The lowest BCUT2D eigenvalue weighted by Crippen LogP contribution is -2.30. The van der Waals surface area contributed by atoms with Crippen LogP contribution in [-0.4, -0.2) is 19.7 Å². The smallest absolute Gasteiger partial charge is 0.109 e. The van der Waals surface area contributed by atoms with E-state index in [-0.39, 0.29) is 0 Å². The maximum absolute atomic E-state index is 5.58. The van der Waals surface area contributed by atoms with E-state index in [1.54, 1.807) is 0 Å². The van der Waals surface area contributed by atoms with Gasteiger partial charge in [-0.05, 0) is 25.1 Å². The van der Waals surface area contributed by atoms with E-state index in [0.29, 0.717) is 6.04 Å². The zero-order valence-electron chi connectivity index (χ0n) is 9.07. The summed E-state index contributed by atoms with van der Waals surface area (Å²) in [5, 5.41) is 3.30. The maximum atomic E-state index is 5.58. The fourth-order valence-corrected chi connectivity index (χ4v) is 1.87. The van der Waals surface area contributed by atoms with Crippen molar-refractivity contribution in [1.82, 2.24) is 5.32 Å². The average molecular weight is 203 g/mol. The number of likely N-dealkylation sites (N-methyl/N-ethyl adjacent to an activating group) is 1. The van der Waals surface area contributed by atoms with E-state index in [1.807, 2.05) is 13.1 Å². The van der Waals surface area contributed by atoms with Crippen LogP contribution in [0.5, 0.6) is 0 Å². The molecule has 0 saturated carbocycles. The molecule has 1 heterocycles. The highest BCUT2D eigenvalue weighted by atomic mass is 16.5. The Kier molecular flexibility index (Phi) is 3.41. The number of nitrogens with one attached hydrogen (secondary N) is 1. The van der Waals surface area contributed by atoms with Gasteiger partial charge in [0.15, 0.2) is 0 Å². The van der Waals surface area contributed by atoms with Crippen LogP contribution >= 0.6 is 0 Å². The van der Waals surface area contributed by atoms with Crippen LogP contribution in [-0.2, 0) is 11.2 Å². The van der Waals surface area contributed by atoms with Crippen molar-refractivity contribution in [2.45, 2.75) is 18.9 Å². The van der Waals surface area contributed by atoms with Gasteiger partial charge in [-0.1, -0.05) is 30.3 Å². The van der Waals surface area contributed by atoms with E-state index < -0.39 is 0 Å². The first-order valence-corrected chi connectivity index (χ1v) is 5.44. The third kappa shape index (κ3) is 2.60. The van der Waals surface area contributed by atoms with Crippen molar-refractivity contribution in [3.8, 4) is 0 Å². The lowest BCUT2D eigenvalue weighted by atomic mass is 10.0. The molecule has 1 aliphatic rings. The highest BCUT2D eigenvalue weighted by Crippen LogP contribution is 2.16. The summed E-state index contributed by atoms with van der Waals surface area (Å²) in [7, 11) is 1.98. The van der Waals surface area contributed by atoms with E-state index in [9.17, 15) is 0 Å². The monoisotopic (exact) mass is 203 g/mol. The molecule has 1 aliphatic heterocycles. The summed E-state index contributed by atoms with van der Waals surface area (Å²) >= 11 is 0. The van der Waals surface area contributed by atoms with E-state index in [0.717, 1.165) is 25.2 Å². The lowest BCUT2D eigenvalue weighted by molar-refractivity contribution is 0.217. The zero-order valence-corrected chi connectivity index (χ0v) is 9.07. The molecule has 1 atom stereocenters. The van der Waals surface area contributed by atoms with Gasteiger partial charge in [-0.2, -0.15) is 0 Å². The molecular formula is C13H17NO. The first-order chi connectivity index (χ1) is 7.40. The highest BCUT2D eigenvalue weighted by molar-refractivity contribution is 5.19. The molecular weight excluding hydrogens is 186 g/mol. The average Bonchev–Trinajstić information content (AvgIpc) is 2.81. The number of ether oxygens (including phenoxy) is 1. The van der Waals surface area contributed by atoms with Crippen LogP contribution in [0.1, 0.15) is 12.0 Å². The third-order valence-electron chi connectivity index (χ3n) is 2.71. The molecule has 1 N–H and O–H groups in total. The predicted octanol–water partition coefficient (Wildman–Crippen LogP) is 2.12. The normalized spacial score (nSPS) is 17.0. The number of rotatable bonds is 4. The number of benzene rings is 1. The van der Waals surface area contributed by atoms with E-state index in [4.69, 9.17) is 4.74 Å². The second-order valence-corrected chi connectivity index (χ2v) is 3.77. The summed E-state index contributed by atoms with van der Waals surface area (Å²) in [6.07, 6.45) is 4.22. The Bertz CT molecular complexity index is 332. The first-order valence-electron chi connectivity index (χ1n) is 5.44. The minimum absolute atomic E-state index is 0.315. The van der Waals surface area contributed by atoms with E-state index >= 15 is 0 Å². The molecule has 80 valence electrons. The summed E-state index contributed by atoms with van der Waals surface area (Å²) in [5.41, 5.74) is 1.34. The standard InChI is InChI=1S/C13H17NO/c1-14-12(13-8-5-9-15-13)10-11-6-3-2-4-7-11/h2-4,6-8,12,14H,5,9-10H2,1H3. The van der Waals surface area contributed by atoms with E-state index in [1.165, 1.54) is 5.56 Å². The molecule has 0 amide bonds. The minimum atomic E-state index is 0.315. The molecule has 1 unspecified atom stereocenters. The molecule has 0 aromatic heterocycles. The van der Waals surface area contributed by atoms with Crippen molar-refractivity contribution in [2.75, 3.05) is 13.7 Å². The summed E-state index contributed by atoms with van der Waals surface area (Å²) in [5.74, 6) is 1.10. The van der Waals surface area contributed by atoms with Gasteiger partial charge in [0.05, 0.1) is 12.6 Å². The third-order valence-corrected chi connectivity index (χ3v) is 2.71. The second kappa shape index (κ2) is 4.99. The van der Waals surface area contributed by atoms with E-state index in [2.05, 4.69) is 35.7 Å². The van der Waals surface area contributed by atoms with Gasteiger partial charge in [-0.25, -0.2) is 0 Å². The van der Waals surface area contributed by atoms with Crippen LogP contribution in [0.25, 0.3) is 0 Å². The topological polar surface area (TPSA) is 21.3 Å². The van der Waals surface area contributed by atoms with Crippen LogP contribution in [0.4, 0.5) is 0 Å². The van der Waals surface area contributed by atoms with Crippen molar-refractivity contribution in [3.63, 3.8) is 0 Å². The fraction of sp³-hybridized carbons (Fsp3) is 0.385. The summed E-state index contributed by atoms with van der Waals surface area (Å²) in [6.45, 7) is 0.836. The molecule has 0 radical (unpaired) electrons. The molecule has 0 bridgehead atoms. The van der Waals surface area contributed by atoms with Gasteiger partial charge in [-0.15, -0.1) is 0 Å². The van der Waals surface area contributed by atoms with Crippen LogP contribution in [0.2, 0.25) is 0 Å². The summed E-state index contributed by atoms with van der Waals surface area (Å²) in [4.78, 5) is 0. The van der Waals surface area contributed by atoms with Gasteiger partial charge in [0, 0.05) is 6.42 Å². The Morgan fingerprint density at radius 2 is 2.13 bits per heavy atom. The van der Waals surface area contributed by atoms with Crippen LogP contribution in [0.15, 0.2) is 42.2 Å². The summed E-state index contributed by atoms with van der Waals surface area (Å²) < 4.78 is 5.58. The number of hydrogen-bond acceptors (Lipinski definition) is 2. The van der Waals surface area contributed by atoms with Gasteiger partial charge in [-0.3, -0.25) is 0 Å². The first kappa shape index (κ1) is 10.2. The SMILES string of the molecule is CNC(Cc1ccccc1)C1=CCCO1. The van der Waals surface area contributed by atoms with Crippen molar-refractivity contribution in [1.29, 1.82) is 0 Å². The van der Waals surface area contributed by atoms with Crippen LogP contribution < -0.4 is 5.32 Å². The Morgan fingerprint density at radius 1 is 1.33 bits per heavy atom. The molecule has 0 spiro atoms. The van der Waals surface area contributed by atoms with Gasteiger partial charge in [0.2, 0.25) is 0 Å². The van der Waals surface area contributed by atoms with Gasteiger partial charge in [0.25, 0.3) is 0 Å². The van der Waals surface area contributed by atoms with Crippen molar-refractivity contribution in [2.24, 2.45) is 0 Å². The molecule has 0 saturated heterocycles. The molecule has 15 heavy (non-hydrogen) atoms. The molecule has 1 aromatic carbocycles. The predicted molar refractivity (Wildman–Crippen MR) is 61.6 cm³/mol.